The molecule has 1 aliphatic heterocycles. The van der Waals surface area contributed by atoms with Crippen molar-refractivity contribution in [1.29, 1.82) is 0 Å². The van der Waals surface area contributed by atoms with Gasteiger partial charge in [-0.3, -0.25) is 14.7 Å². The molecule has 1 amide bonds. The highest BCUT2D eigenvalue weighted by Crippen LogP contribution is 2.21. The third-order valence-corrected chi connectivity index (χ3v) is 4.71. The monoisotopic (exact) mass is 359 g/mol. The van der Waals surface area contributed by atoms with Crippen LogP contribution in [0.15, 0.2) is 67.1 Å². The fourth-order valence-electron chi connectivity index (χ4n) is 3.37. The Morgan fingerprint density at radius 3 is 2.56 bits per heavy atom. The zero-order chi connectivity index (χ0) is 18.5. The van der Waals surface area contributed by atoms with Crippen molar-refractivity contribution >= 4 is 11.6 Å². The maximum absolute atomic E-state index is 12.7. The van der Waals surface area contributed by atoms with Crippen molar-refractivity contribution in [2.24, 2.45) is 0 Å². The van der Waals surface area contributed by atoms with E-state index in [4.69, 9.17) is 0 Å². The normalized spacial score (nSPS) is 17.0. The molecule has 1 N–H and O–H groups in total. The van der Waals surface area contributed by atoms with Crippen LogP contribution in [0.4, 0.5) is 5.69 Å². The second-order valence-electron chi connectivity index (χ2n) is 6.60. The largest absolute Gasteiger partial charge is 0.322 e. The van der Waals surface area contributed by atoms with Gasteiger partial charge in [-0.25, -0.2) is 9.97 Å². The topological polar surface area (TPSA) is 71.0 Å². The van der Waals surface area contributed by atoms with Gasteiger partial charge in [-0.1, -0.05) is 36.4 Å². The van der Waals surface area contributed by atoms with Crippen molar-refractivity contribution in [3.8, 4) is 11.4 Å². The fourth-order valence-corrected chi connectivity index (χ4v) is 3.37. The summed E-state index contributed by atoms with van der Waals surface area (Å²) in [6, 6.07) is 15.5. The van der Waals surface area contributed by atoms with Gasteiger partial charge in [0.25, 0.3) is 0 Å². The number of carbonyl (C=O) groups excluding carboxylic acids is 1. The Kier molecular flexibility index (Phi) is 5.16. The van der Waals surface area contributed by atoms with E-state index in [1.807, 2.05) is 48.5 Å². The Morgan fingerprint density at radius 2 is 1.81 bits per heavy atom. The van der Waals surface area contributed by atoms with Gasteiger partial charge in [0, 0.05) is 18.3 Å². The Bertz CT molecular complexity index is 883. The zero-order valence-electron chi connectivity index (χ0n) is 15.0. The molecule has 1 aliphatic rings. The molecule has 0 bridgehead atoms. The molecule has 6 nitrogen and oxygen atoms in total. The van der Waals surface area contributed by atoms with Crippen LogP contribution in [0.3, 0.4) is 0 Å². The molecule has 0 radical (unpaired) electrons. The number of carbonyl (C=O) groups is 1. The molecule has 27 heavy (non-hydrogen) atoms. The summed E-state index contributed by atoms with van der Waals surface area (Å²) in [5.41, 5.74) is 2.55. The van der Waals surface area contributed by atoms with E-state index in [9.17, 15) is 4.79 Å². The van der Waals surface area contributed by atoms with Gasteiger partial charge in [-0.05, 0) is 31.5 Å². The summed E-state index contributed by atoms with van der Waals surface area (Å²) in [4.78, 5) is 28.0. The number of rotatable bonds is 5. The molecule has 0 unspecified atom stereocenters. The SMILES string of the molecule is O=C(Nc1cnc(-c2ccccc2)nc1)[C@@H]1CCCN1Cc1ccccn1. The highest BCUT2D eigenvalue weighted by molar-refractivity contribution is 5.94. The quantitative estimate of drug-likeness (QED) is 0.758. The molecule has 2 aromatic heterocycles. The average Bonchev–Trinajstić information content (AvgIpc) is 3.18. The van der Waals surface area contributed by atoms with Gasteiger partial charge in [0.2, 0.25) is 5.91 Å². The first-order chi connectivity index (χ1) is 13.3. The van der Waals surface area contributed by atoms with Gasteiger partial charge in [0.05, 0.1) is 29.8 Å². The molecule has 0 spiro atoms. The number of nitrogens with one attached hydrogen (secondary N) is 1. The number of hydrogen-bond donors (Lipinski definition) is 1. The number of pyridine rings is 1. The van der Waals surface area contributed by atoms with Crippen LogP contribution >= 0.6 is 0 Å². The third kappa shape index (κ3) is 4.17. The highest BCUT2D eigenvalue weighted by Gasteiger charge is 2.30. The molecule has 6 heteroatoms. The van der Waals surface area contributed by atoms with Crippen LogP contribution < -0.4 is 5.32 Å². The Hall–Kier alpha value is -3.12. The first-order valence-corrected chi connectivity index (χ1v) is 9.12. The maximum Gasteiger partial charge on any atom is 0.241 e. The van der Waals surface area contributed by atoms with Gasteiger partial charge in [0.15, 0.2) is 5.82 Å². The molecule has 3 aromatic rings. The predicted octanol–water partition coefficient (Wildman–Crippen LogP) is 3.14. The van der Waals surface area contributed by atoms with Crippen LogP contribution in [0, 0.1) is 0 Å². The lowest BCUT2D eigenvalue weighted by atomic mass is 10.2. The minimum absolute atomic E-state index is 0.0144. The number of likely N-dealkylation sites (tertiary alicyclic amines) is 1. The van der Waals surface area contributed by atoms with Crippen molar-refractivity contribution in [2.45, 2.75) is 25.4 Å². The number of nitrogens with zero attached hydrogens (tertiary/aromatic N) is 4. The summed E-state index contributed by atoms with van der Waals surface area (Å²) in [6.45, 7) is 1.58. The fraction of sp³-hybridized carbons (Fsp3) is 0.238. The number of aromatic nitrogens is 3. The summed E-state index contributed by atoms with van der Waals surface area (Å²) in [7, 11) is 0. The van der Waals surface area contributed by atoms with E-state index in [1.165, 1.54) is 0 Å². The van der Waals surface area contributed by atoms with Crippen LogP contribution in [-0.4, -0.2) is 38.3 Å². The summed E-state index contributed by atoms with van der Waals surface area (Å²) in [5.74, 6) is 0.630. The minimum atomic E-state index is -0.152. The molecule has 4 rings (SSSR count). The summed E-state index contributed by atoms with van der Waals surface area (Å²) in [6.07, 6.45) is 6.96. The van der Waals surface area contributed by atoms with Crippen LogP contribution in [0.5, 0.6) is 0 Å². The van der Waals surface area contributed by atoms with Crippen molar-refractivity contribution in [2.75, 3.05) is 11.9 Å². The van der Waals surface area contributed by atoms with Crippen molar-refractivity contribution in [3.63, 3.8) is 0 Å². The van der Waals surface area contributed by atoms with Crippen LogP contribution in [0.1, 0.15) is 18.5 Å². The lowest BCUT2D eigenvalue weighted by molar-refractivity contribution is -0.120. The first kappa shape index (κ1) is 17.3. The van der Waals surface area contributed by atoms with E-state index in [-0.39, 0.29) is 11.9 Å². The molecular formula is C21H21N5O. The second-order valence-corrected chi connectivity index (χ2v) is 6.60. The van der Waals surface area contributed by atoms with Crippen molar-refractivity contribution < 1.29 is 4.79 Å². The molecule has 1 aromatic carbocycles. The standard InChI is InChI=1S/C21H21N5O/c27-21(19-10-6-12-26(19)15-17-9-4-5-11-22-17)25-18-13-23-20(24-14-18)16-7-2-1-3-8-16/h1-5,7-9,11,13-14,19H,6,10,12,15H2,(H,25,27)/t19-/m0/s1. The Labute approximate surface area is 158 Å². The van der Waals surface area contributed by atoms with Crippen LogP contribution in [0.25, 0.3) is 11.4 Å². The molecule has 1 saturated heterocycles. The van der Waals surface area contributed by atoms with E-state index >= 15 is 0 Å². The molecular weight excluding hydrogens is 338 g/mol. The zero-order valence-corrected chi connectivity index (χ0v) is 15.0. The molecule has 1 atom stereocenters. The van der Waals surface area contributed by atoms with E-state index in [2.05, 4.69) is 25.2 Å². The summed E-state index contributed by atoms with van der Waals surface area (Å²) < 4.78 is 0. The minimum Gasteiger partial charge on any atom is -0.322 e. The van der Waals surface area contributed by atoms with E-state index in [0.29, 0.717) is 18.1 Å². The lowest BCUT2D eigenvalue weighted by Crippen LogP contribution is -2.39. The number of anilines is 1. The smallest absolute Gasteiger partial charge is 0.241 e. The van der Waals surface area contributed by atoms with Gasteiger partial charge < -0.3 is 5.32 Å². The Balaban J connectivity index is 1.41. The first-order valence-electron chi connectivity index (χ1n) is 9.12. The second kappa shape index (κ2) is 8.05. The summed E-state index contributed by atoms with van der Waals surface area (Å²) >= 11 is 0. The van der Waals surface area contributed by atoms with Crippen molar-refractivity contribution in [3.05, 3.63) is 72.8 Å². The molecule has 0 saturated carbocycles. The molecule has 3 heterocycles. The predicted molar refractivity (Wildman–Crippen MR) is 104 cm³/mol. The van der Waals surface area contributed by atoms with Gasteiger partial charge in [-0.2, -0.15) is 0 Å². The highest BCUT2D eigenvalue weighted by atomic mass is 16.2. The van der Waals surface area contributed by atoms with E-state index < -0.39 is 0 Å². The van der Waals surface area contributed by atoms with E-state index in [0.717, 1.165) is 30.6 Å². The number of amides is 1. The van der Waals surface area contributed by atoms with Crippen LogP contribution in [0.2, 0.25) is 0 Å². The number of benzene rings is 1. The van der Waals surface area contributed by atoms with Crippen LogP contribution in [-0.2, 0) is 11.3 Å². The molecule has 136 valence electrons. The third-order valence-electron chi connectivity index (χ3n) is 4.71. The lowest BCUT2D eigenvalue weighted by Gasteiger charge is -2.23. The van der Waals surface area contributed by atoms with Gasteiger partial charge in [0.1, 0.15) is 0 Å². The van der Waals surface area contributed by atoms with Gasteiger partial charge >= 0.3 is 0 Å². The molecule has 0 aliphatic carbocycles. The van der Waals surface area contributed by atoms with Gasteiger partial charge in [-0.15, -0.1) is 0 Å². The average molecular weight is 359 g/mol. The Morgan fingerprint density at radius 1 is 1.04 bits per heavy atom. The van der Waals surface area contributed by atoms with Crippen molar-refractivity contribution in [1.82, 2.24) is 19.9 Å². The molecule has 1 fully saturated rings. The maximum atomic E-state index is 12.7. The summed E-state index contributed by atoms with van der Waals surface area (Å²) in [5, 5.41) is 2.95. The number of hydrogen-bond acceptors (Lipinski definition) is 5. The van der Waals surface area contributed by atoms with E-state index in [1.54, 1.807) is 18.6 Å².